The second-order valence-electron chi connectivity index (χ2n) is 14.7. The highest BCUT2D eigenvalue weighted by molar-refractivity contribution is 5.96. The largest absolute Gasteiger partial charge is 0.573 e. The van der Waals surface area contributed by atoms with Gasteiger partial charge in [-0.25, -0.2) is 24.3 Å². The molecule has 0 saturated heterocycles. The number of alkyl halides is 3. The number of nitrogens with zero attached hydrogens (tertiary/aromatic N) is 5. The van der Waals surface area contributed by atoms with Crippen LogP contribution in [0.1, 0.15) is 79.0 Å². The summed E-state index contributed by atoms with van der Waals surface area (Å²) in [5, 5.41) is 4.18. The van der Waals surface area contributed by atoms with Crippen molar-refractivity contribution in [1.82, 2.24) is 24.2 Å². The third-order valence-electron chi connectivity index (χ3n) is 6.74. The van der Waals surface area contributed by atoms with E-state index in [1.807, 2.05) is 0 Å². The van der Waals surface area contributed by atoms with Crippen molar-refractivity contribution in [3.8, 4) is 16.9 Å². The minimum Gasteiger partial charge on any atom is -0.443 e. The van der Waals surface area contributed by atoms with E-state index in [9.17, 15) is 27.6 Å². The molecule has 15 heteroatoms. The van der Waals surface area contributed by atoms with Crippen molar-refractivity contribution < 1.29 is 46.5 Å². The summed E-state index contributed by atoms with van der Waals surface area (Å²) in [6.45, 7) is 14.9. The molecule has 0 aliphatic rings. The molecule has 0 bridgehead atoms. The zero-order valence-electron chi connectivity index (χ0n) is 29.8. The Morgan fingerprint density at radius 2 is 1.40 bits per heavy atom. The zero-order chi connectivity index (χ0) is 37.4. The van der Waals surface area contributed by atoms with Gasteiger partial charge in [-0.2, -0.15) is 9.78 Å². The molecule has 12 nitrogen and oxygen atoms in total. The number of hydrogen-bond donors (Lipinski definition) is 0. The second kappa shape index (κ2) is 13.7. The van der Waals surface area contributed by atoms with Gasteiger partial charge in [0.25, 0.3) is 0 Å². The summed E-state index contributed by atoms with van der Waals surface area (Å²) in [6, 6.07) is 6.99. The molecule has 2 heterocycles. The van der Waals surface area contributed by atoms with E-state index in [2.05, 4.69) is 14.8 Å². The van der Waals surface area contributed by atoms with Gasteiger partial charge in [0, 0.05) is 25.2 Å². The zero-order valence-corrected chi connectivity index (χ0v) is 29.8. The number of aryl methyl sites for hydroxylation is 1. The van der Waals surface area contributed by atoms with Crippen LogP contribution >= 0.6 is 0 Å². The number of ether oxygens (including phenoxy) is 4. The van der Waals surface area contributed by atoms with Gasteiger partial charge in [0.05, 0.1) is 30.1 Å². The van der Waals surface area contributed by atoms with Gasteiger partial charge in [-0.1, -0.05) is 12.1 Å². The minimum absolute atomic E-state index is 0.170. The molecule has 0 unspecified atom stereocenters. The lowest BCUT2D eigenvalue weighted by molar-refractivity contribution is -0.274. The summed E-state index contributed by atoms with van der Waals surface area (Å²) in [4.78, 5) is 45.3. The molecule has 4 aromatic rings. The average Bonchev–Trinajstić information content (AvgIpc) is 3.56. The molecule has 270 valence electrons. The Morgan fingerprint density at radius 1 is 0.840 bits per heavy atom. The van der Waals surface area contributed by atoms with Gasteiger partial charge in [-0.05, 0) is 103 Å². The predicted octanol–water partition coefficient (Wildman–Crippen LogP) is 8.38. The number of fused-ring (bicyclic) bond motifs is 1. The van der Waals surface area contributed by atoms with Gasteiger partial charge in [-0.15, -0.1) is 13.2 Å². The summed E-state index contributed by atoms with van der Waals surface area (Å²) in [5.41, 5.74) is 1.14. The van der Waals surface area contributed by atoms with Crippen LogP contribution in [0.4, 0.5) is 27.6 Å². The topological polar surface area (TPSA) is 127 Å². The normalized spacial score (nSPS) is 12.5. The number of amides is 2. The van der Waals surface area contributed by atoms with Gasteiger partial charge in [0.2, 0.25) is 0 Å². The summed E-state index contributed by atoms with van der Waals surface area (Å²) >= 11 is 0. The third kappa shape index (κ3) is 9.98. The highest BCUT2D eigenvalue weighted by atomic mass is 19.4. The van der Waals surface area contributed by atoms with Gasteiger partial charge in [0.1, 0.15) is 22.6 Å². The van der Waals surface area contributed by atoms with Crippen molar-refractivity contribution in [2.75, 3.05) is 0 Å². The maximum absolute atomic E-state index is 13.6. The number of imide groups is 1. The molecule has 2 amide bonds. The number of halogens is 3. The first-order chi connectivity index (χ1) is 22.9. The number of carbonyl (C=O) groups excluding carboxylic acids is 3. The van der Waals surface area contributed by atoms with Crippen molar-refractivity contribution in [2.45, 2.75) is 98.4 Å². The van der Waals surface area contributed by atoms with Crippen molar-refractivity contribution in [3.05, 3.63) is 65.7 Å². The van der Waals surface area contributed by atoms with E-state index in [1.54, 1.807) is 86.3 Å². The fourth-order valence-corrected chi connectivity index (χ4v) is 4.93. The molecule has 0 N–H and O–H groups in total. The van der Waals surface area contributed by atoms with E-state index >= 15 is 0 Å². The molecule has 4 rings (SSSR count). The third-order valence-corrected chi connectivity index (χ3v) is 6.74. The number of hydrogen-bond acceptors (Lipinski definition) is 9. The van der Waals surface area contributed by atoms with Crippen LogP contribution in [0.5, 0.6) is 5.75 Å². The van der Waals surface area contributed by atoms with Crippen LogP contribution in [0.2, 0.25) is 0 Å². The molecule has 0 aliphatic heterocycles. The maximum Gasteiger partial charge on any atom is 0.573 e. The SMILES string of the molecule is Cn1cnc2c(-c3ccc(OC(F)(F)F)cc3)cc(CN(C(=O)OC(C)(C)C)C(=O)OC(C)(C)C)c(Cc3cnn(C(=O)OC(C)(C)C)c3)c21. The molecule has 50 heavy (non-hydrogen) atoms. The molecular formula is C35H42F3N5O7. The van der Waals surface area contributed by atoms with Gasteiger partial charge < -0.3 is 23.5 Å². The fourth-order valence-electron chi connectivity index (χ4n) is 4.93. The summed E-state index contributed by atoms with van der Waals surface area (Å²) in [7, 11) is 1.76. The van der Waals surface area contributed by atoms with Crippen LogP contribution in [0.15, 0.2) is 49.1 Å². The number of carbonyl (C=O) groups is 3. The number of rotatable bonds is 6. The first-order valence-corrected chi connectivity index (χ1v) is 15.7. The molecule has 0 fully saturated rings. The van der Waals surface area contributed by atoms with E-state index in [1.165, 1.54) is 36.7 Å². The van der Waals surface area contributed by atoms with Crippen LogP contribution in [-0.4, -0.2) is 65.7 Å². The van der Waals surface area contributed by atoms with E-state index in [0.717, 1.165) is 9.58 Å². The van der Waals surface area contributed by atoms with E-state index < -0.39 is 47.2 Å². The van der Waals surface area contributed by atoms with Gasteiger partial charge >= 0.3 is 24.6 Å². The maximum atomic E-state index is 13.6. The Hall–Kier alpha value is -5.08. The number of benzene rings is 2. The van der Waals surface area contributed by atoms with Crippen molar-refractivity contribution in [1.29, 1.82) is 0 Å². The molecule has 0 aliphatic carbocycles. The molecule has 2 aromatic heterocycles. The minimum atomic E-state index is -4.87. The van der Waals surface area contributed by atoms with Crippen LogP contribution in [0.25, 0.3) is 22.2 Å². The quantitative estimate of drug-likeness (QED) is 0.182. The standard InChI is InChI=1S/C35H42F3N5O7/c1-32(2,3)48-29(44)42(30(45)49-33(4,5)6)19-23-16-25(22-11-13-24(14-12-22)47-35(36,37)38)27-28(41(10)20-39-27)26(23)15-21-17-40-43(18-21)31(46)50-34(7,8)9/h11-14,16-18,20H,15,19H2,1-10H3. The van der Waals surface area contributed by atoms with Crippen molar-refractivity contribution >= 4 is 29.3 Å². The monoisotopic (exact) mass is 701 g/mol. The Bertz CT molecular complexity index is 1850. The number of aromatic nitrogens is 4. The molecule has 2 aromatic carbocycles. The number of imidazole rings is 1. The molecule has 0 radical (unpaired) electrons. The first kappa shape index (κ1) is 37.7. The lowest BCUT2D eigenvalue weighted by atomic mass is 9.93. The van der Waals surface area contributed by atoms with Crippen molar-refractivity contribution in [2.24, 2.45) is 7.05 Å². The summed E-state index contributed by atoms with van der Waals surface area (Å²) in [5.74, 6) is -0.404. The first-order valence-electron chi connectivity index (χ1n) is 15.7. The van der Waals surface area contributed by atoms with E-state index in [4.69, 9.17) is 14.2 Å². The van der Waals surface area contributed by atoms with Gasteiger partial charge in [-0.3, -0.25) is 0 Å². The molecule has 0 saturated carbocycles. The lowest BCUT2D eigenvalue weighted by Gasteiger charge is -2.29. The lowest BCUT2D eigenvalue weighted by Crippen LogP contribution is -2.43. The Morgan fingerprint density at radius 3 is 1.92 bits per heavy atom. The predicted molar refractivity (Wildman–Crippen MR) is 178 cm³/mol. The Kier molecular flexibility index (Phi) is 10.3. The smallest absolute Gasteiger partial charge is 0.443 e. The van der Waals surface area contributed by atoms with E-state index in [0.29, 0.717) is 38.9 Å². The summed E-state index contributed by atoms with van der Waals surface area (Å²) < 4.78 is 62.2. The highest BCUT2D eigenvalue weighted by Crippen LogP contribution is 2.36. The van der Waals surface area contributed by atoms with Crippen LogP contribution in [0, 0.1) is 0 Å². The van der Waals surface area contributed by atoms with Crippen molar-refractivity contribution in [3.63, 3.8) is 0 Å². The Balaban J connectivity index is 1.90. The fraction of sp³-hybridized carbons (Fsp3) is 0.457. The van der Waals surface area contributed by atoms with E-state index in [-0.39, 0.29) is 13.0 Å². The highest BCUT2D eigenvalue weighted by Gasteiger charge is 2.34. The molecule has 0 spiro atoms. The average molecular weight is 702 g/mol. The Labute approximate surface area is 288 Å². The molecular weight excluding hydrogens is 659 g/mol. The summed E-state index contributed by atoms with van der Waals surface area (Å²) in [6.07, 6.45) is -2.67. The van der Waals surface area contributed by atoms with Gasteiger partial charge in [0.15, 0.2) is 0 Å². The van der Waals surface area contributed by atoms with Crippen LogP contribution < -0.4 is 4.74 Å². The van der Waals surface area contributed by atoms with Crippen LogP contribution in [-0.2, 0) is 34.2 Å². The van der Waals surface area contributed by atoms with Crippen LogP contribution in [0.3, 0.4) is 0 Å². The second-order valence-corrected chi connectivity index (χ2v) is 14.7. The molecule has 0 atom stereocenters.